The molecule has 0 rings (SSSR count). The molecule has 21 heavy (non-hydrogen) atoms. The van der Waals surface area contributed by atoms with E-state index in [9.17, 15) is 0 Å². The maximum absolute atomic E-state index is 4.87. The van der Waals surface area contributed by atoms with Crippen LogP contribution in [0, 0.1) is 0 Å². The summed E-state index contributed by atoms with van der Waals surface area (Å²) < 4.78 is 0. The maximum Gasteiger partial charge on any atom is 0.179 e. The molecule has 0 aliphatic rings. The van der Waals surface area contributed by atoms with Crippen LogP contribution in [0.5, 0.6) is 0 Å². The molecule has 0 radical (unpaired) electrons. The summed E-state index contributed by atoms with van der Waals surface area (Å²) in [4.78, 5) is 0. The summed E-state index contributed by atoms with van der Waals surface area (Å²) in [5.41, 5.74) is 0. The first-order valence-corrected chi connectivity index (χ1v) is 22.8. The Bertz CT molecular complexity index is 80.6. The zero-order valence-electron chi connectivity index (χ0n) is 8.26. The molecule has 0 heterocycles. The Kier molecular flexibility index (Phi) is 76.1. The summed E-state index contributed by atoms with van der Waals surface area (Å²) in [6.07, 6.45) is 0. The standard InChI is InChI=1S/5Cl3P.Ru/c5*1-4(2)3;. The van der Waals surface area contributed by atoms with Gasteiger partial charge in [-0.15, -0.1) is 0 Å². The SMILES string of the molecule is ClP(Cl)Cl.ClP(Cl)Cl.ClP(Cl)Cl.ClP(Cl)Cl.ClP(Cl)Cl.[Ru]. The molecule has 0 aromatic carbocycles. The van der Waals surface area contributed by atoms with Crippen LogP contribution >= 0.6 is 199 Å². The summed E-state index contributed by atoms with van der Waals surface area (Å²) >= 11 is 73.1. The molecule has 138 valence electrons. The van der Waals surface area contributed by atoms with Gasteiger partial charge >= 0.3 is 0 Å². The third-order valence-electron chi connectivity index (χ3n) is 0. The Morgan fingerprint density at radius 3 is 0.238 bits per heavy atom. The minimum absolute atomic E-state index is 0. The Labute approximate surface area is 214 Å². The predicted octanol–water partition coefficient (Wildman–Crippen LogP) is 14.6. The number of rotatable bonds is 0. The average Bonchev–Trinajstić information content (AvgIpc) is 1.94. The second-order valence-electron chi connectivity index (χ2n) is 0.958. The predicted molar refractivity (Wildman–Crippen MR) is 122 cm³/mol. The van der Waals surface area contributed by atoms with Gasteiger partial charge in [0.1, 0.15) is 0 Å². The minimum Gasteiger partial charge on any atom is -0.0596 e. The fourth-order valence-electron chi connectivity index (χ4n) is 0. The first kappa shape index (κ1) is 42.3. The molecule has 21 heteroatoms. The van der Waals surface area contributed by atoms with Crippen LogP contribution in [-0.2, 0) is 19.5 Å². The first-order valence-electron chi connectivity index (χ1n) is 2.54. The monoisotopic (exact) mass is 781 g/mol. The van der Waals surface area contributed by atoms with Gasteiger partial charge in [-0.1, -0.05) is 169 Å². The smallest absolute Gasteiger partial charge is 0.0596 e. The fraction of sp³-hybridized carbons (Fsp3) is 0. The summed E-state index contributed by atoms with van der Waals surface area (Å²) in [6, 6.07) is 0. The van der Waals surface area contributed by atoms with E-state index in [4.69, 9.17) is 169 Å². The average molecular weight is 788 g/mol. The zero-order valence-corrected chi connectivity index (χ0v) is 25.8. The Balaban J connectivity index is -0.0000000331. The van der Waals surface area contributed by atoms with Crippen LogP contribution in [0.3, 0.4) is 0 Å². The molecule has 0 spiro atoms. The van der Waals surface area contributed by atoms with Crippen LogP contribution < -0.4 is 0 Å². The van der Waals surface area contributed by atoms with Gasteiger partial charge in [0.05, 0.1) is 0 Å². The molecule has 0 amide bonds. The van der Waals surface area contributed by atoms with Crippen molar-refractivity contribution >= 4 is 199 Å². The van der Waals surface area contributed by atoms with Gasteiger partial charge in [0, 0.05) is 19.5 Å². The van der Waals surface area contributed by atoms with E-state index in [2.05, 4.69) is 0 Å². The van der Waals surface area contributed by atoms with E-state index in [1.807, 2.05) is 0 Å². The van der Waals surface area contributed by atoms with Gasteiger partial charge in [0.2, 0.25) is 0 Å². The van der Waals surface area contributed by atoms with Gasteiger partial charge in [0.15, 0.2) is 29.9 Å². The van der Waals surface area contributed by atoms with E-state index in [0.29, 0.717) is 0 Å². The molecule has 0 nitrogen and oxygen atoms in total. The van der Waals surface area contributed by atoms with Crippen LogP contribution in [0.15, 0.2) is 0 Å². The van der Waals surface area contributed by atoms with Crippen molar-refractivity contribution < 1.29 is 19.5 Å². The second-order valence-corrected chi connectivity index (χ2v) is 25.9. The summed E-state index contributed by atoms with van der Waals surface area (Å²) in [5.74, 6) is -6.02. The Morgan fingerprint density at radius 1 is 0.238 bits per heavy atom. The molecular weight excluding hydrogens is 788 g/mol. The third-order valence-corrected chi connectivity index (χ3v) is 0. The van der Waals surface area contributed by atoms with Crippen molar-refractivity contribution in [3.8, 4) is 0 Å². The van der Waals surface area contributed by atoms with Crippen molar-refractivity contribution in [2.45, 2.75) is 0 Å². The van der Waals surface area contributed by atoms with Gasteiger partial charge in [-0.25, -0.2) is 0 Å². The second kappa shape index (κ2) is 37.8. The molecule has 0 unspecified atom stereocenters. The topological polar surface area (TPSA) is 0 Å². The van der Waals surface area contributed by atoms with Crippen molar-refractivity contribution in [3.05, 3.63) is 0 Å². The zero-order chi connectivity index (χ0) is 17.9. The molecule has 0 saturated carbocycles. The van der Waals surface area contributed by atoms with Gasteiger partial charge in [0.25, 0.3) is 0 Å². The maximum atomic E-state index is 4.87. The van der Waals surface area contributed by atoms with Crippen LogP contribution in [0.1, 0.15) is 0 Å². The molecule has 0 aromatic rings. The van der Waals surface area contributed by atoms with Crippen LogP contribution in [0.4, 0.5) is 0 Å². The molecule has 0 atom stereocenters. The quantitative estimate of drug-likeness (QED) is 0.169. The molecule has 0 aliphatic heterocycles. The van der Waals surface area contributed by atoms with Gasteiger partial charge < -0.3 is 0 Å². The summed E-state index contributed by atoms with van der Waals surface area (Å²) in [7, 11) is 0. The van der Waals surface area contributed by atoms with E-state index in [-0.39, 0.29) is 19.5 Å². The van der Waals surface area contributed by atoms with Crippen LogP contribution in [-0.4, -0.2) is 0 Å². The van der Waals surface area contributed by atoms with Gasteiger partial charge in [-0.05, 0) is 0 Å². The van der Waals surface area contributed by atoms with Gasteiger partial charge in [-0.2, -0.15) is 0 Å². The van der Waals surface area contributed by atoms with Crippen molar-refractivity contribution in [1.82, 2.24) is 0 Å². The summed E-state index contributed by atoms with van der Waals surface area (Å²) in [6.45, 7) is 0. The van der Waals surface area contributed by atoms with E-state index in [0.717, 1.165) is 0 Å². The summed E-state index contributed by atoms with van der Waals surface area (Å²) in [5, 5.41) is 0. The van der Waals surface area contributed by atoms with Gasteiger partial charge in [-0.3, -0.25) is 0 Å². The van der Waals surface area contributed by atoms with Crippen molar-refractivity contribution in [3.63, 3.8) is 0 Å². The van der Waals surface area contributed by atoms with Crippen molar-refractivity contribution in [1.29, 1.82) is 0 Å². The first-order chi connectivity index (χ1) is 8.66. The normalized spacial score (nSPS) is 8.57. The fourth-order valence-corrected chi connectivity index (χ4v) is 0. The van der Waals surface area contributed by atoms with Crippen LogP contribution in [0.25, 0.3) is 0 Å². The molecule has 0 aliphatic carbocycles. The number of hydrogen-bond donors (Lipinski definition) is 0. The van der Waals surface area contributed by atoms with E-state index >= 15 is 0 Å². The number of halogens is 15. The molecule has 0 saturated heterocycles. The molecule has 0 N–H and O–H groups in total. The molecular formula is Cl15P5Ru. The Morgan fingerprint density at radius 2 is 0.238 bits per heavy atom. The largest absolute Gasteiger partial charge is 0.179 e. The number of hydrogen-bond acceptors (Lipinski definition) is 0. The van der Waals surface area contributed by atoms with E-state index in [1.54, 1.807) is 0 Å². The minimum atomic E-state index is -1.20. The van der Waals surface area contributed by atoms with Crippen molar-refractivity contribution in [2.24, 2.45) is 0 Å². The van der Waals surface area contributed by atoms with Crippen molar-refractivity contribution in [2.75, 3.05) is 0 Å². The molecule has 0 aromatic heterocycles. The van der Waals surface area contributed by atoms with E-state index in [1.165, 1.54) is 0 Å². The molecule has 0 bridgehead atoms. The third kappa shape index (κ3) is 337. The molecule has 0 fully saturated rings. The van der Waals surface area contributed by atoms with E-state index < -0.39 is 29.9 Å². The Hall–Kier alpha value is 7.12. The van der Waals surface area contributed by atoms with Crippen LogP contribution in [0.2, 0.25) is 0 Å².